The molecule has 0 aliphatic carbocycles. The molecular weight excluding hydrogens is 332 g/mol. The van der Waals surface area contributed by atoms with E-state index in [1.807, 2.05) is 0 Å². The summed E-state index contributed by atoms with van der Waals surface area (Å²) in [5.74, 6) is -2.07. The van der Waals surface area contributed by atoms with Crippen LogP contribution in [0.2, 0.25) is 0 Å². The van der Waals surface area contributed by atoms with Gasteiger partial charge in [-0.25, -0.2) is 8.78 Å². The van der Waals surface area contributed by atoms with Gasteiger partial charge in [-0.1, -0.05) is 18.2 Å². The van der Waals surface area contributed by atoms with Crippen molar-refractivity contribution >= 4 is 27.5 Å². The summed E-state index contributed by atoms with van der Waals surface area (Å²) >= 11 is 2.88. The second-order valence-corrected chi connectivity index (χ2v) is 5.21. The summed E-state index contributed by atoms with van der Waals surface area (Å²) in [5, 5.41) is 10.2. The first-order valence-corrected chi connectivity index (χ1v) is 6.55. The highest BCUT2D eigenvalue weighted by Gasteiger charge is 2.38. The number of anilines is 1. The fraction of sp³-hybridized carbons (Fsp3) is 0.0714. The molecule has 1 heterocycles. The van der Waals surface area contributed by atoms with Crippen LogP contribution < -0.4 is 4.90 Å². The van der Waals surface area contributed by atoms with Crippen molar-refractivity contribution < 1.29 is 18.7 Å². The first kappa shape index (κ1) is 13.2. The quantitative estimate of drug-likeness (QED) is 0.809. The van der Waals surface area contributed by atoms with Crippen LogP contribution in [0.4, 0.5) is 14.5 Å². The molecule has 0 saturated heterocycles. The van der Waals surface area contributed by atoms with Crippen LogP contribution in [-0.4, -0.2) is 11.0 Å². The Bertz CT molecular complexity index is 720. The molecule has 1 atom stereocenters. The third-order valence-electron chi connectivity index (χ3n) is 3.17. The van der Waals surface area contributed by atoms with E-state index >= 15 is 0 Å². The molecule has 1 amide bonds. The Kier molecular flexibility index (Phi) is 3.07. The number of nitrogens with zero attached hydrogens (tertiary/aromatic N) is 1. The molecule has 102 valence electrons. The van der Waals surface area contributed by atoms with Crippen LogP contribution in [0, 0.1) is 11.6 Å². The average Bonchev–Trinajstić information content (AvgIpc) is 2.67. The lowest BCUT2D eigenvalue weighted by Gasteiger charge is -2.22. The van der Waals surface area contributed by atoms with Crippen molar-refractivity contribution in [2.45, 2.75) is 6.23 Å². The third kappa shape index (κ3) is 1.83. The Labute approximate surface area is 121 Å². The molecule has 1 aliphatic heterocycles. The van der Waals surface area contributed by atoms with E-state index in [0.717, 1.165) is 17.0 Å². The average molecular weight is 340 g/mol. The van der Waals surface area contributed by atoms with Crippen LogP contribution in [0.5, 0.6) is 0 Å². The fourth-order valence-corrected chi connectivity index (χ4v) is 2.68. The molecule has 2 aromatic rings. The third-order valence-corrected chi connectivity index (χ3v) is 3.74. The van der Waals surface area contributed by atoms with Gasteiger partial charge in [-0.15, -0.1) is 0 Å². The van der Waals surface area contributed by atoms with Crippen molar-refractivity contribution in [1.29, 1.82) is 0 Å². The maximum atomic E-state index is 14.1. The Hall–Kier alpha value is -1.79. The highest BCUT2D eigenvalue weighted by Crippen LogP contribution is 2.38. The topological polar surface area (TPSA) is 40.5 Å². The molecule has 0 saturated carbocycles. The van der Waals surface area contributed by atoms with E-state index in [1.54, 1.807) is 18.2 Å². The lowest BCUT2D eigenvalue weighted by molar-refractivity contribution is 0.0933. The molecule has 1 aliphatic rings. The number of amides is 1. The number of benzene rings is 2. The number of hydrogen-bond donors (Lipinski definition) is 1. The highest BCUT2D eigenvalue weighted by molar-refractivity contribution is 9.10. The van der Waals surface area contributed by atoms with Gasteiger partial charge in [-0.05, 0) is 28.1 Å². The summed E-state index contributed by atoms with van der Waals surface area (Å²) in [6.07, 6.45) is -1.33. The van der Waals surface area contributed by atoms with E-state index < -0.39 is 23.8 Å². The van der Waals surface area contributed by atoms with E-state index in [-0.39, 0.29) is 15.7 Å². The number of hydrogen-bond acceptors (Lipinski definition) is 2. The summed E-state index contributed by atoms with van der Waals surface area (Å²) in [7, 11) is 0. The molecule has 0 spiro atoms. The first-order chi connectivity index (χ1) is 9.50. The van der Waals surface area contributed by atoms with E-state index in [4.69, 9.17) is 0 Å². The molecule has 2 aromatic carbocycles. The number of fused-ring (bicyclic) bond motifs is 1. The summed E-state index contributed by atoms with van der Waals surface area (Å²) in [5.41, 5.74) is 0.350. The smallest absolute Gasteiger partial charge is 0.261 e. The van der Waals surface area contributed by atoms with Crippen LogP contribution in [0.15, 0.2) is 40.9 Å². The summed E-state index contributed by atoms with van der Waals surface area (Å²) < 4.78 is 27.4. The molecule has 20 heavy (non-hydrogen) atoms. The summed E-state index contributed by atoms with van der Waals surface area (Å²) in [6, 6.07) is 8.25. The largest absolute Gasteiger partial charge is 0.369 e. The minimum atomic E-state index is -1.33. The monoisotopic (exact) mass is 339 g/mol. The van der Waals surface area contributed by atoms with Crippen LogP contribution in [0.3, 0.4) is 0 Å². The summed E-state index contributed by atoms with van der Waals surface area (Å²) in [4.78, 5) is 13.1. The number of aliphatic hydroxyl groups is 1. The molecule has 6 heteroatoms. The fourth-order valence-electron chi connectivity index (χ4n) is 2.26. The van der Waals surface area contributed by atoms with Crippen LogP contribution in [-0.2, 0) is 0 Å². The molecule has 0 radical (unpaired) electrons. The zero-order chi connectivity index (χ0) is 14.4. The molecule has 0 fully saturated rings. The predicted molar refractivity (Wildman–Crippen MR) is 72.3 cm³/mol. The van der Waals surface area contributed by atoms with Crippen molar-refractivity contribution in [3.63, 3.8) is 0 Å². The second-order valence-electron chi connectivity index (χ2n) is 4.36. The SMILES string of the molecule is O=C1c2ccccc2C(O)N1c1cc(F)cc(Br)c1F. The molecule has 3 nitrogen and oxygen atoms in total. The number of halogens is 3. The highest BCUT2D eigenvalue weighted by atomic mass is 79.9. The van der Waals surface area contributed by atoms with Crippen molar-refractivity contribution in [3.8, 4) is 0 Å². The Morgan fingerprint density at radius 3 is 2.60 bits per heavy atom. The number of aliphatic hydroxyl groups excluding tert-OH is 1. The van der Waals surface area contributed by atoms with Crippen LogP contribution in [0.1, 0.15) is 22.1 Å². The van der Waals surface area contributed by atoms with Crippen molar-refractivity contribution in [3.05, 3.63) is 63.6 Å². The Balaban J connectivity index is 2.16. The Morgan fingerprint density at radius 2 is 1.90 bits per heavy atom. The van der Waals surface area contributed by atoms with Gasteiger partial charge in [0.2, 0.25) is 0 Å². The lowest BCUT2D eigenvalue weighted by atomic mass is 10.1. The molecule has 3 rings (SSSR count). The normalized spacial score (nSPS) is 17.5. The van der Waals surface area contributed by atoms with Crippen LogP contribution >= 0.6 is 15.9 Å². The van der Waals surface area contributed by atoms with Gasteiger partial charge >= 0.3 is 0 Å². The number of rotatable bonds is 1. The zero-order valence-corrected chi connectivity index (χ0v) is 11.6. The minimum absolute atomic E-state index is 0.108. The molecule has 1 unspecified atom stereocenters. The number of carbonyl (C=O) groups is 1. The number of carbonyl (C=O) groups excluding carboxylic acids is 1. The van der Waals surface area contributed by atoms with Gasteiger partial charge in [0.25, 0.3) is 5.91 Å². The minimum Gasteiger partial charge on any atom is -0.369 e. The van der Waals surface area contributed by atoms with Gasteiger partial charge in [-0.2, -0.15) is 0 Å². The zero-order valence-electron chi connectivity index (χ0n) is 9.98. The van der Waals surface area contributed by atoms with Gasteiger partial charge < -0.3 is 5.11 Å². The standard InChI is InChI=1S/C14H8BrF2NO2/c15-10-5-7(16)6-11(12(10)17)18-13(19)8-3-1-2-4-9(8)14(18)20/h1-6,13,19H. The Morgan fingerprint density at radius 1 is 1.20 bits per heavy atom. The maximum Gasteiger partial charge on any atom is 0.261 e. The summed E-state index contributed by atoms with van der Waals surface area (Å²) in [6.45, 7) is 0. The van der Waals surface area contributed by atoms with Crippen molar-refractivity contribution in [2.75, 3.05) is 4.90 Å². The van der Waals surface area contributed by atoms with Crippen molar-refractivity contribution in [2.24, 2.45) is 0 Å². The lowest BCUT2D eigenvalue weighted by Crippen LogP contribution is -2.28. The van der Waals surface area contributed by atoms with Gasteiger partial charge in [-0.3, -0.25) is 9.69 Å². The van der Waals surface area contributed by atoms with E-state index in [9.17, 15) is 18.7 Å². The first-order valence-electron chi connectivity index (χ1n) is 5.76. The molecule has 0 bridgehead atoms. The van der Waals surface area contributed by atoms with E-state index in [2.05, 4.69) is 15.9 Å². The van der Waals surface area contributed by atoms with Gasteiger partial charge in [0, 0.05) is 17.2 Å². The van der Waals surface area contributed by atoms with Gasteiger partial charge in [0.1, 0.15) is 5.82 Å². The molecular formula is C14H8BrF2NO2. The van der Waals surface area contributed by atoms with Crippen molar-refractivity contribution in [1.82, 2.24) is 0 Å². The molecule has 0 aromatic heterocycles. The predicted octanol–water partition coefficient (Wildman–Crippen LogP) is 3.38. The van der Waals surface area contributed by atoms with E-state index in [1.165, 1.54) is 6.07 Å². The maximum absolute atomic E-state index is 14.1. The molecule has 1 N–H and O–H groups in total. The van der Waals surface area contributed by atoms with Gasteiger partial charge in [0.15, 0.2) is 12.0 Å². The van der Waals surface area contributed by atoms with Gasteiger partial charge in [0.05, 0.1) is 10.2 Å². The van der Waals surface area contributed by atoms with Crippen LogP contribution in [0.25, 0.3) is 0 Å². The van der Waals surface area contributed by atoms with E-state index in [0.29, 0.717) is 5.56 Å². The second kappa shape index (κ2) is 4.64.